The molecule has 0 fully saturated rings. The first-order valence-corrected chi connectivity index (χ1v) is 11.3. The van der Waals surface area contributed by atoms with Crippen molar-refractivity contribution in [3.63, 3.8) is 0 Å². The van der Waals surface area contributed by atoms with Crippen molar-refractivity contribution in [2.24, 2.45) is 0 Å². The molecule has 2 aromatic rings. The van der Waals surface area contributed by atoms with Crippen LogP contribution in [0.5, 0.6) is 5.75 Å². The average Bonchev–Trinajstić information content (AvgIpc) is 2.78. The van der Waals surface area contributed by atoms with E-state index < -0.39 is 6.04 Å². The second-order valence-corrected chi connectivity index (χ2v) is 8.03. The fraction of sp³-hybridized carbons (Fsp3) is 0.440. The number of carbonyl (C=O) groups is 2. The molecule has 0 heterocycles. The summed E-state index contributed by atoms with van der Waals surface area (Å²) in [6.07, 6.45) is 2.22. The van der Waals surface area contributed by atoms with Gasteiger partial charge in [-0.3, -0.25) is 9.59 Å². The fourth-order valence-corrected chi connectivity index (χ4v) is 3.44. The smallest absolute Gasteiger partial charge is 0.243 e. The van der Waals surface area contributed by atoms with Gasteiger partial charge in [0.2, 0.25) is 11.8 Å². The van der Waals surface area contributed by atoms with Crippen LogP contribution in [0.2, 0.25) is 5.02 Å². The van der Waals surface area contributed by atoms with Gasteiger partial charge < -0.3 is 15.0 Å². The molecule has 2 atom stereocenters. The zero-order valence-corrected chi connectivity index (χ0v) is 19.4. The van der Waals surface area contributed by atoms with Crippen LogP contribution in [-0.4, -0.2) is 35.4 Å². The van der Waals surface area contributed by atoms with Crippen LogP contribution in [-0.2, 0) is 16.1 Å². The maximum Gasteiger partial charge on any atom is 0.243 e. The summed E-state index contributed by atoms with van der Waals surface area (Å²) in [7, 11) is 0. The number of hydrogen-bond donors (Lipinski definition) is 1. The maximum atomic E-state index is 13.2. The van der Waals surface area contributed by atoms with Crippen molar-refractivity contribution in [2.75, 3.05) is 6.61 Å². The molecule has 168 valence electrons. The topological polar surface area (TPSA) is 58.6 Å². The summed E-state index contributed by atoms with van der Waals surface area (Å²) in [4.78, 5) is 27.7. The van der Waals surface area contributed by atoms with Crippen molar-refractivity contribution in [3.05, 3.63) is 65.2 Å². The first-order chi connectivity index (χ1) is 15.0. The van der Waals surface area contributed by atoms with E-state index in [2.05, 4.69) is 5.32 Å². The van der Waals surface area contributed by atoms with Crippen LogP contribution in [0, 0.1) is 0 Å². The van der Waals surface area contributed by atoms with Gasteiger partial charge in [0.1, 0.15) is 11.8 Å². The summed E-state index contributed by atoms with van der Waals surface area (Å²) >= 11 is 6.34. The highest BCUT2D eigenvalue weighted by Crippen LogP contribution is 2.21. The van der Waals surface area contributed by atoms with Crippen LogP contribution >= 0.6 is 11.6 Å². The molecule has 0 aliphatic carbocycles. The highest BCUT2D eigenvalue weighted by Gasteiger charge is 2.29. The third-order valence-corrected chi connectivity index (χ3v) is 5.60. The van der Waals surface area contributed by atoms with Gasteiger partial charge in [0.15, 0.2) is 0 Å². The van der Waals surface area contributed by atoms with Gasteiger partial charge in [0, 0.05) is 24.0 Å². The number of nitrogens with one attached hydrogen (secondary N) is 1. The van der Waals surface area contributed by atoms with E-state index in [-0.39, 0.29) is 17.9 Å². The van der Waals surface area contributed by atoms with Crippen molar-refractivity contribution >= 4 is 23.4 Å². The summed E-state index contributed by atoms with van der Waals surface area (Å²) in [6.45, 7) is 6.64. The fourth-order valence-electron chi connectivity index (χ4n) is 3.24. The number of halogens is 1. The number of benzene rings is 2. The molecule has 0 saturated carbocycles. The summed E-state index contributed by atoms with van der Waals surface area (Å²) in [5.74, 6) is 0.572. The molecule has 0 bridgehead atoms. The van der Waals surface area contributed by atoms with Crippen molar-refractivity contribution < 1.29 is 14.3 Å². The molecule has 0 saturated heterocycles. The van der Waals surface area contributed by atoms with Crippen molar-refractivity contribution in [1.29, 1.82) is 0 Å². The first-order valence-electron chi connectivity index (χ1n) is 11.0. The number of carbonyl (C=O) groups excluding carboxylic acids is 2. The molecular weight excluding hydrogens is 412 g/mol. The number of hydrogen-bond acceptors (Lipinski definition) is 3. The lowest BCUT2D eigenvalue weighted by Crippen LogP contribution is -2.50. The van der Waals surface area contributed by atoms with E-state index in [9.17, 15) is 9.59 Å². The molecule has 1 N–H and O–H groups in total. The van der Waals surface area contributed by atoms with Gasteiger partial charge in [-0.1, -0.05) is 61.8 Å². The molecule has 0 radical (unpaired) electrons. The lowest BCUT2D eigenvalue weighted by atomic mass is 10.1. The number of ether oxygens (including phenoxy) is 1. The lowest BCUT2D eigenvalue weighted by Gasteiger charge is -2.31. The Morgan fingerprint density at radius 3 is 2.35 bits per heavy atom. The molecule has 2 rings (SSSR count). The van der Waals surface area contributed by atoms with Crippen molar-refractivity contribution in [1.82, 2.24) is 10.2 Å². The van der Waals surface area contributed by atoms with Crippen molar-refractivity contribution in [3.8, 4) is 5.75 Å². The molecule has 6 heteroatoms. The summed E-state index contributed by atoms with van der Waals surface area (Å²) in [5, 5.41) is 3.60. The monoisotopic (exact) mass is 444 g/mol. The molecule has 0 unspecified atom stereocenters. The van der Waals surface area contributed by atoms with E-state index >= 15 is 0 Å². The highest BCUT2D eigenvalue weighted by atomic mass is 35.5. The Bertz CT molecular complexity index is 829. The summed E-state index contributed by atoms with van der Waals surface area (Å²) in [5.41, 5.74) is 0.827. The van der Waals surface area contributed by atoms with Crippen LogP contribution in [0.4, 0.5) is 0 Å². The largest absolute Gasteiger partial charge is 0.494 e. The highest BCUT2D eigenvalue weighted by molar-refractivity contribution is 6.31. The minimum atomic E-state index is -0.548. The van der Waals surface area contributed by atoms with E-state index in [1.807, 2.05) is 69.3 Å². The standard InChI is InChI=1S/C25H33ClN2O3/c1-4-19(3)27-25(30)23(5-2)28(18-20-12-9-10-15-22(20)26)24(29)16-11-17-31-21-13-7-6-8-14-21/h6-10,12-15,19,23H,4-5,11,16-18H2,1-3H3,(H,27,30)/t19-,23-/m0/s1. The molecule has 0 aliphatic heterocycles. The Hall–Kier alpha value is -2.53. The normalized spacial score (nSPS) is 12.6. The predicted octanol–water partition coefficient (Wildman–Crippen LogP) is 5.22. The Labute approximate surface area is 190 Å². The Kier molecular flexibility index (Phi) is 10.4. The summed E-state index contributed by atoms with van der Waals surface area (Å²) in [6, 6.07) is 16.5. The van der Waals surface area contributed by atoms with E-state index in [4.69, 9.17) is 16.3 Å². The second kappa shape index (κ2) is 13.0. The van der Waals surface area contributed by atoms with Gasteiger partial charge >= 0.3 is 0 Å². The number of rotatable bonds is 12. The molecule has 2 amide bonds. The van der Waals surface area contributed by atoms with Crippen LogP contribution in [0.25, 0.3) is 0 Å². The van der Waals surface area contributed by atoms with E-state index in [1.54, 1.807) is 11.0 Å². The Morgan fingerprint density at radius 2 is 1.71 bits per heavy atom. The van der Waals surface area contributed by atoms with Gasteiger partial charge in [-0.15, -0.1) is 0 Å². The molecule has 2 aromatic carbocycles. The number of para-hydroxylation sites is 1. The van der Waals surface area contributed by atoms with E-state index in [0.29, 0.717) is 37.4 Å². The van der Waals surface area contributed by atoms with Crippen LogP contribution < -0.4 is 10.1 Å². The zero-order valence-electron chi connectivity index (χ0n) is 18.6. The van der Waals surface area contributed by atoms with Gasteiger partial charge in [-0.25, -0.2) is 0 Å². The second-order valence-electron chi connectivity index (χ2n) is 7.62. The minimum Gasteiger partial charge on any atom is -0.494 e. The molecule has 31 heavy (non-hydrogen) atoms. The molecule has 0 spiro atoms. The van der Waals surface area contributed by atoms with E-state index in [0.717, 1.165) is 17.7 Å². The Balaban J connectivity index is 2.08. The van der Waals surface area contributed by atoms with Crippen molar-refractivity contribution in [2.45, 2.75) is 65.1 Å². The van der Waals surface area contributed by atoms with Gasteiger partial charge in [0.25, 0.3) is 0 Å². The van der Waals surface area contributed by atoms with Crippen LogP contribution in [0.15, 0.2) is 54.6 Å². The average molecular weight is 445 g/mol. The molecular formula is C25H33ClN2O3. The summed E-state index contributed by atoms with van der Waals surface area (Å²) < 4.78 is 5.70. The van der Waals surface area contributed by atoms with Gasteiger partial charge in [-0.2, -0.15) is 0 Å². The number of nitrogens with zero attached hydrogens (tertiary/aromatic N) is 1. The SMILES string of the molecule is CC[C@H](C)NC(=O)[C@H](CC)N(Cc1ccccc1Cl)C(=O)CCCOc1ccccc1. The minimum absolute atomic E-state index is 0.0538. The van der Waals surface area contributed by atoms with E-state index in [1.165, 1.54) is 0 Å². The quantitative estimate of drug-likeness (QED) is 0.456. The molecule has 0 aromatic heterocycles. The third kappa shape index (κ3) is 7.91. The predicted molar refractivity (Wildman–Crippen MR) is 125 cm³/mol. The third-order valence-electron chi connectivity index (χ3n) is 5.23. The Morgan fingerprint density at radius 1 is 1.03 bits per heavy atom. The molecule has 0 aliphatic rings. The van der Waals surface area contributed by atoms with Crippen LogP contribution in [0.1, 0.15) is 52.0 Å². The van der Waals surface area contributed by atoms with Crippen LogP contribution in [0.3, 0.4) is 0 Å². The zero-order chi connectivity index (χ0) is 22.6. The van der Waals surface area contributed by atoms with Gasteiger partial charge in [0.05, 0.1) is 6.61 Å². The lowest BCUT2D eigenvalue weighted by molar-refractivity contribution is -0.141. The number of amides is 2. The maximum absolute atomic E-state index is 13.2. The van der Waals surface area contributed by atoms with Gasteiger partial charge in [-0.05, 0) is 49.9 Å². The first kappa shape index (κ1) is 24.7. The molecule has 5 nitrogen and oxygen atoms in total.